The zero-order chi connectivity index (χ0) is 17.1. The lowest BCUT2D eigenvalue weighted by Crippen LogP contribution is -2.33. The Balaban J connectivity index is 1.57. The minimum atomic E-state index is -0.166. The first-order valence-corrected chi connectivity index (χ1v) is 8.12. The first-order valence-electron chi connectivity index (χ1n) is 8.12. The van der Waals surface area contributed by atoms with Crippen molar-refractivity contribution in [2.75, 3.05) is 10.6 Å². The molecule has 1 aliphatic carbocycles. The summed E-state index contributed by atoms with van der Waals surface area (Å²) in [5.41, 5.74) is 0. The van der Waals surface area contributed by atoms with Gasteiger partial charge < -0.3 is 10.6 Å². The third-order valence-corrected chi connectivity index (χ3v) is 4.35. The largest absolute Gasteiger partial charge is 0.309 e. The lowest BCUT2D eigenvalue weighted by atomic mass is 9.80. The van der Waals surface area contributed by atoms with Gasteiger partial charge in [0.1, 0.15) is 0 Å². The van der Waals surface area contributed by atoms with E-state index in [2.05, 4.69) is 20.8 Å². The molecule has 2 aromatic heterocycles. The summed E-state index contributed by atoms with van der Waals surface area (Å²) in [6, 6.07) is 3.51. The fourth-order valence-corrected chi connectivity index (χ4v) is 3.09. The van der Waals surface area contributed by atoms with Gasteiger partial charge in [-0.05, 0) is 19.3 Å². The molecule has 0 radical (unpaired) electrons. The summed E-state index contributed by atoms with van der Waals surface area (Å²) in [5.74, 6) is 0.624. The minimum Gasteiger partial charge on any atom is -0.309 e. The van der Waals surface area contributed by atoms with Gasteiger partial charge in [-0.25, -0.2) is 0 Å². The fraction of sp³-hybridized carbons (Fsp3) is 0.500. The predicted octanol–water partition coefficient (Wildman–Crippen LogP) is 1.54. The zero-order valence-electron chi connectivity index (χ0n) is 13.9. The number of anilines is 2. The number of hydrogen-bond donors (Lipinski definition) is 2. The third kappa shape index (κ3) is 3.81. The molecule has 0 saturated heterocycles. The van der Waals surface area contributed by atoms with Crippen LogP contribution < -0.4 is 10.6 Å². The summed E-state index contributed by atoms with van der Waals surface area (Å²) < 4.78 is 3.28. The number of aryl methyl sites for hydroxylation is 2. The van der Waals surface area contributed by atoms with Crippen LogP contribution in [-0.2, 0) is 23.7 Å². The smallest absolute Gasteiger partial charge is 0.228 e. The Bertz CT molecular complexity index is 674. The monoisotopic (exact) mass is 330 g/mol. The molecular formula is C16H22N6O2. The molecule has 128 valence electrons. The molecule has 2 N–H and O–H groups in total. The van der Waals surface area contributed by atoms with E-state index in [0.717, 1.165) is 19.3 Å². The molecule has 0 aromatic carbocycles. The SMILES string of the molecule is Cn1ccc(NC(=O)C2CCCC(C(=O)Nc3ccn(C)n3)C2)n1. The first kappa shape index (κ1) is 16.2. The number of rotatable bonds is 4. The number of aromatic nitrogens is 4. The number of carbonyl (C=O) groups is 2. The second kappa shape index (κ2) is 6.86. The van der Waals surface area contributed by atoms with Gasteiger partial charge in [-0.1, -0.05) is 6.42 Å². The number of amides is 2. The molecule has 0 bridgehead atoms. The van der Waals surface area contributed by atoms with E-state index in [4.69, 9.17) is 0 Å². The second-order valence-corrected chi connectivity index (χ2v) is 6.29. The molecule has 2 heterocycles. The Hall–Kier alpha value is -2.64. The Labute approximate surface area is 140 Å². The normalized spacial score (nSPS) is 20.6. The van der Waals surface area contributed by atoms with Gasteiger partial charge in [-0.2, -0.15) is 10.2 Å². The van der Waals surface area contributed by atoms with Crippen LogP contribution in [0.15, 0.2) is 24.5 Å². The highest BCUT2D eigenvalue weighted by Crippen LogP contribution is 2.30. The van der Waals surface area contributed by atoms with Crippen molar-refractivity contribution in [1.29, 1.82) is 0 Å². The van der Waals surface area contributed by atoms with Crippen molar-refractivity contribution in [3.63, 3.8) is 0 Å². The molecule has 3 rings (SSSR count). The molecular weight excluding hydrogens is 308 g/mol. The van der Waals surface area contributed by atoms with Crippen LogP contribution in [0.1, 0.15) is 25.7 Å². The summed E-state index contributed by atoms with van der Waals surface area (Å²) in [5, 5.41) is 14.0. The van der Waals surface area contributed by atoms with Crippen molar-refractivity contribution in [3.8, 4) is 0 Å². The van der Waals surface area contributed by atoms with Crippen molar-refractivity contribution in [1.82, 2.24) is 19.6 Å². The molecule has 24 heavy (non-hydrogen) atoms. The van der Waals surface area contributed by atoms with Crippen molar-refractivity contribution >= 4 is 23.5 Å². The molecule has 8 heteroatoms. The van der Waals surface area contributed by atoms with Crippen LogP contribution in [0.3, 0.4) is 0 Å². The highest BCUT2D eigenvalue weighted by molar-refractivity contribution is 5.94. The van der Waals surface area contributed by atoms with Gasteiger partial charge in [0.25, 0.3) is 0 Å². The fourth-order valence-electron chi connectivity index (χ4n) is 3.09. The molecule has 2 unspecified atom stereocenters. The number of nitrogens with zero attached hydrogens (tertiary/aromatic N) is 4. The van der Waals surface area contributed by atoms with Crippen LogP contribution in [0.25, 0.3) is 0 Å². The molecule has 2 amide bonds. The Morgan fingerprint density at radius 1 is 0.958 bits per heavy atom. The highest BCUT2D eigenvalue weighted by Gasteiger charge is 2.31. The van der Waals surface area contributed by atoms with Gasteiger partial charge in [-0.15, -0.1) is 0 Å². The maximum atomic E-state index is 12.4. The summed E-state index contributed by atoms with van der Waals surface area (Å²) >= 11 is 0. The summed E-state index contributed by atoms with van der Waals surface area (Å²) in [4.78, 5) is 24.8. The summed E-state index contributed by atoms with van der Waals surface area (Å²) in [7, 11) is 3.60. The topological polar surface area (TPSA) is 93.8 Å². The van der Waals surface area contributed by atoms with Crippen molar-refractivity contribution < 1.29 is 9.59 Å². The Morgan fingerprint density at radius 3 is 1.79 bits per heavy atom. The van der Waals surface area contributed by atoms with E-state index in [1.165, 1.54) is 0 Å². The van der Waals surface area contributed by atoms with Gasteiger partial charge in [0.15, 0.2) is 11.6 Å². The van der Waals surface area contributed by atoms with Crippen molar-refractivity contribution in [2.45, 2.75) is 25.7 Å². The van der Waals surface area contributed by atoms with E-state index in [1.54, 1.807) is 48.0 Å². The predicted molar refractivity (Wildman–Crippen MR) is 89.1 cm³/mol. The standard InChI is InChI=1S/C16H22N6O2/c1-21-8-6-13(19-21)17-15(23)11-4-3-5-12(10-11)16(24)18-14-7-9-22(2)20-14/h6-9,11-12H,3-5,10H2,1-2H3,(H,17,19,23)(H,18,20,24). The molecule has 8 nitrogen and oxygen atoms in total. The average molecular weight is 330 g/mol. The van der Waals surface area contributed by atoms with Crippen LogP contribution in [0.4, 0.5) is 11.6 Å². The van der Waals surface area contributed by atoms with Gasteiger partial charge in [-0.3, -0.25) is 19.0 Å². The third-order valence-electron chi connectivity index (χ3n) is 4.35. The second-order valence-electron chi connectivity index (χ2n) is 6.29. The van der Waals surface area contributed by atoms with Gasteiger partial charge in [0.2, 0.25) is 11.8 Å². The van der Waals surface area contributed by atoms with Crippen LogP contribution >= 0.6 is 0 Å². The maximum Gasteiger partial charge on any atom is 0.228 e. The van der Waals surface area contributed by atoms with Crippen LogP contribution in [0.2, 0.25) is 0 Å². The lowest BCUT2D eigenvalue weighted by molar-refractivity contribution is -0.124. The van der Waals surface area contributed by atoms with Gasteiger partial charge in [0, 0.05) is 50.5 Å². The van der Waals surface area contributed by atoms with Crippen LogP contribution in [0, 0.1) is 11.8 Å². The van der Waals surface area contributed by atoms with Crippen LogP contribution in [0.5, 0.6) is 0 Å². The van der Waals surface area contributed by atoms with Gasteiger partial charge >= 0.3 is 0 Å². The molecule has 2 aromatic rings. The Morgan fingerprint density at radius 2 is 1.42 bits per heavy atom. The van der Waals surface area contributed by atoms with Crippen molar-refractivity contribution in [3.05, 3.63) is 24.5 Å². The minimum absolute atomic E-state index is 0.0657. The summed E-state index contributed by atoms with van der Waals surface area (Å²) in [6.07, 6.45) is 6.56. The molecule has 1 fully saturated rings. The van der Waals surface area contributed by atoms with Gasteiger partial charge in [0.05, 0.1) is 0 Å². The highest BCUT2D eigenvalue weighted by atomic mass is 16.2. The first-order chi connectivity index (χ1) is 11.5. The number of carbonyl (C=O) groups excluding carboxylic acids is 2. The molecule has 1 aliphatic rings. The Kier molecular flexibility index (Phi) is 4.64. The zero-order valence-corrected chi connectivity index (χ0v) is 13.9. The number of hydrogen-bond acceptors (Lipinski definition) is 4. The van der Waals surface area contributed by atoms with Crippen molar-refractivity contribution in [2.24, 2.45) is 25.9 Å². The molecule has 0 spiro atoms. The lowest BCUT2D eigenvalue weighted by Gasteiger charge is -2.27. The van der Waals surface area contributed by atoms with E-state index in [0.29, 0.717) is 18.1 Å². The van der Waals surface area contributed by atoms with E-state index in [-0.39, 0.29) is 23.7 Å². The molecule has 0 aliphatic heterocycles. The van der Waals surface area contributed by atoms with E-state index >= 15 is 0 Å². The quantitative estimate of drug-likeness (QED) is 0.889. The average Bonchev–Trinajstić information content (AvgIpc) is 3.15. The van der Waals surface area contributed by atoms with E-state index in [1.807, 2.05) is 0 Å². The molecule has 1 saturated carbocycles. The van der Waals surface area contributed by atoms with E-state index in [9.17, 15) is 9.59 Å². The molecule has 2 atom stereocenters. The number of nitrogens with one attached hydrogen (secondary N) is 2. The van der Waals surface area contributed by atoms with Crippen LogP contribution in [-0.4, -0.2) is 31.4 Å². The summed E-state index contributed by atoms with van der Waals surface area (Å²) in [6.45, 7) is 0. The maximum absolute atomic E-state index is 12.4. The van der Waals surface area contributed by atoms with E-state index < -0.39 is 0 Å².